The minimum atomic E-state index is 0. The second-order valence-electron chi connectivity index (χ2n) is 4.60. The molecule has 0 saturated carbocycles. The molecule has 0 amide bonds. The molecule has 15 heavy (non-hydrogen) atoms. The monoisotopic (exact) mass is 207 g/mol. The molecule has 0 heterocycles. The predicted molar refractivity (Wildman–Crippen MR) is 70.5 cm³/mol. The van der Waals surface area contributed by atoms with Crippen LogP contribution < -0.4 is 5.32 Å². The molecule has 1 heteroatoms. The summed E-state index contributed by atoms with van der Waals surface area (Å²) in [4.78, 5) is 0. The van der Waals surface area contributed by atoms with Gasteiger partial charge < -0.3 is 5.32 Å². The van der Waals surface area contributed by atoms with E-state index in [0.29, 0.717) is 6.04 Å². The quantitative estimate of drug-likeness (QED) is 0.774. The van der Waals surface area contributed by atoms with Gasteiger partial charge >= 0.3 is 0 Å². The maximum Gasteiger partial charge on any atom is 0.0344 e. The van der Waals surface area contributed by atoms with Crippen LogP contribution >= 0.6 is 0 Å². The lowest BCUT2D eigenvalue weighted by Crippen LogP contribution is -2.09. The Bertz CT molecular complexity index is 251. The highest BCUT2D eigenvalue weighted by Crippen LogP contribution is 2.14. The van der Waals surface area contributed by atoms with E-state index in [1.807, 2.05) is 0 Å². The topological polar surface area (TPSA) is 12.0 Å². The van der Waals surface area contributed by atoms with E-state index in [1.54, 1.807) is 0 Å². The molecule has 1 nitrogen and oxygen atoms in total. The Hall–Kier alpha value is -0.980. The van der Waals surface area contributed by atoms with Gasteiger partial charge in [0.1, 0.15) is 0 Å². The van der Waals surface area contributed by atoms with Gasteiger partial charge in [-0.3, -0.25) is 0 Å². The minimum absolute atomic E-state index is 0. The fourth-order valence-corrected chi connectivity index (χ4v) is 1.59. The van der Waals surface area contributed by atoms with Gasteiger partial charge in [-0.2, -0.15) is 0 Å². The van der Waals surface area contributed by atoms with E-state index >= 15 is 0 Å². The Balaban J connectivity index is 0.00000196. The Morgan fingerprint density at radius 3 is 2.33 bits per heavy atom. The van der Waals surface area contributed by atoms with Crippen molar-refractivity contribution in [2.24, 2.45) is 5.92 Å². The maximum atomic E-state index is 3.42. The highest BCUT2D eigenvalue weighted by Gasteiger charge is 1.99. The zero-order valence-corrected chi connectivity index (χ0v) is 9.67. The molecule has 0 aliphatic rings. The van der Waals surface area contributed by atoms with Gasteiger partial charge in [0.05, 0.1) is 0 Å². The molecule has 0 fully saturated rings. The van der Waals surface area contributed by atoms with Crippen LogP contribution in [-0.2, 0) is 6.42 Å². The van der Waals surface area contributed by atoms with Gasteiger partial charge in [0.25, 0.3) is 0 Å². The summed E-state index contributed by atoms with van der Waals surface area (Å²) in [5, 5.41) is 3.42. The van der Waals surface area contributed by atoms with Crippen molar-refractivity contribution in [3.05, 3.63) is 29.8 Å². The fraction of sp³-hybridized carbons (Fsp3) is 0.571. The van der Waals surface area contributed by atoms with Crippen LogP contribution in [0.25, 0.3) is 0 Å². The normalized spacial score (nSPS) is 10.3. The molecule has 0 aliphatic heterocycles. The smallest absolute Gasteiger partial charge is 0.0344 e. The van der Waals surface area contributed by atoms with E-state index < -0.39 is 0 Å². The molecule has 0 aromatic heterocycles. The fourth-order valence-electron chi connectivity index (χ4n) is 1.59. The van der Waals surface area contributed by atoms with E-state index in [0.717, 1.165) is 12.3 Å². The predicted octanol–water partition coefficient (Wildman–Crippen LogP) is 4.34. The number of nitrogens with one attached hydrogen (secondary N) is 1. The van der Waals surface area contributed by atoms with Gasteiger partial charge in [0, 0.05) is 11.7 Å². The third-order valence-corrected chi connectivity index (χ3v) is 2.03. The molecule has 0 bridgehead atoms. The van der Waals surface area contributed by atoms with Crippen molar-refractivity contribution < 1.29 is 0 Å². The van der Waals surface area contributed by atoms with Crippen molar-refractivity contribution in [3.63, 3.8) is 0 Å². The summed E-state index contributed by atoms with van der Waals surface area (Å²) in [6.07, 6.45) is 1.16. The third kappa shape index (κ3) is 5.46. The highest BCUT2D eigenvalue weighted by atomic mass is 14.9. The van der Waals surface area contributed by atoms with Crippen molar-refractivity contribution in [1.29, 1.82) is 0 Å². The van der Waals surface area contributed by atoms with E-state index in [-0.39, 0.29) is 7.43 Å². The van der Waals surface area contributed by atoms with Crippen LogP contribution in [0, 0.1) is 5.92 Å². The van der Waals surface area contributed by atoms with E-state index in [1.165, 1.54) is 11.3 Å². The Morgan fingerprint density at radius 1 is 1.13 bits per heavy atom. The van der Waals surface area contributed by atoms with Crippen LogP contribution in [0.4, 0.5) is 5.69 Å². The first-order valence-electron chi connectivity index (χ1n) is 5.43. The van der Waals surface area contributed by atoms with E-state index in [2.05, 4.69) is 57.3 Å². The largest absolute Gasteiger partial charge is 0.383 e. The zero-order chi connectivity index (χ0) is 10.6. The number of rotatable bonds is 4. The molecule has 1 aromatic rings. The summed E-state index contributed by atoms with van der Waals surface area (Å²) < 4.78 is 0. The van der Waals surface area contributed by atoms with Crippen molar-refractivity contribution in [3.8, 4) is 0 Å². The second-order valence-corrected chi connectivity index (χ2v) is 4.60. The summed E-state index contributed by atoms with van der Waals surface area (Å²) in [5.74, 6) is 0.726. The lowest BCUT2D eigenvalue weighted by Gasteiger charge is -2.12. The molecule has 1 N–H and O–H groups in total. The molecule has 0 unspecified atom stereocenters. The lowest BCUT2D eigenvalue weighted by molar-refractivity contribution is 0.647. The van der Waals surface area contributed by atoms with Gasteiger partial charge in [-0.05, 0) is 43.9 Å². The average molecular weight is 207 g/mol. The first kappa shape index (κ1) is 14.0. The summed E-state index contributed by atoms with van der Waals surface area (Å²) in [6.45, 7) is 8.83. The molecule has 0 radical (unpaired) electrons. The van der Waals surface area contributed by atoms with Gasteiger partial charge in [-0.25, -0.2) is 0 Å². The van der Waals surface area contributed by atoms with Gasteiger partial charge in [0.15, 0.2) is 0 Å². The van der Waals surface area contributed by atoms with Gasteiger partial charge in [0.2, 0.25) is 0 Å². The first-order valence-corrected chi connectivity index (χ1v) is 5.43. The van der Waals surface area contributed by atoms with Crippen molar-refractivity contribution in [1.82, 2.24) is 0 Å². The molecule has 0 saturated heterocycles. The second kappa shape index (κ2) is 6.49. The Kier molecular flexibility index (Phi) is 6.07. The summed E-state index contributed by atoms with van der Waals surface area (Å²) in [5.41, 5.74) is 2.66. The van der Waals surface area contributed by atoms with E-state index in [4.69, 9.17) is 0 Å². The van der Waals surface area contributed by atoms with Crippen LogP contribution in [0.5, 0.6) is 0 Å². The number of hydrogen-bond acceptors (Lipinski definition) is 1. The van der Waals surface area contributed by atoms with Crippen LogP contribution in [0.2, 0.25) is 0 Å². The maximum absolute atomic E-state index is 3.42. The van der Waals surface area contributed by atoms with Gasteiger partial charge in [-0.15, -0.1) is 0 Å². The molecule has 0 aliphatic carbocycles. The number of hydrogen-bond donors (Lipinski definition) is 1. The standard InChI is InChI=1S/C13H21N.CH4/c1-10(2)8-12-6-5-7-13(9-12)14-11(3)4;/h5-7,9-11,14H,8H2,1-4H3;1H4. The minimum Gasteiger partial charge on any atom is -0.383 e. The molecule has 0 spiro atoms. The molecule has 0 atom stereocenters. The van der Waals surface area contributed by atoms with Crippen molar-refractivity contribution in [2.75, 3.05) is 5.32 Å². The molecule has 1 rings (SSSR count). The summed E-state index contributed by atoms with van der Waals surface area (Å²) in [7, 11) is 0. The summed E-state index contributed by atoms with van der Waals surface area (Å²) >= 11 is 0. The highest BCUT2D eigenvalue weighted by molar-refractivity contribution is 5.46. The molecular formula is C14H25N. The number of benzene rings is 1. The van der Waals surface area contributed by atoms with Gasteiger partial charge in [-0.1, -0.05) is 33.4 Å². The van der Waals surface area contributed by atoms with E-state index in [9.17, 15) is 0 Å². The average Bonchev–Trinajstić information content (AvgIpc) is 2.01. The van der Waals surface area contributed by atoms with Crippen LogP contribution in [0.1, 0.15) is 40.7 Å². The zero-order valence-electron chi connectivity index (χ0n) is 9.67. The summed E-state index contributed by atoms with van der Waals surface area (Å²) in [6, 6.07) is 9.21. The third-order valence-electron chi connectivity index (χ3n) is 2.03. The molecule has 86 valence electrons. The van der Waals surface area contributed by atoms with Crippen molar-refractivity contribution in [2.45, 2.75) is 47.6 Å². The first-order chi connectivity index (χ1) is 6.58. The molecular weight excluding hydrogens is 182 g/mol. The molecule has 1 aromatic carbocycles. The Labute approximate surface area is 94.9 Å². The SMILES string of the molecule is C.CC(C)Cc1cccc(NC(C)C)c1. The van der Waals surface area contributed by atoms with Crippen LogP contribution in [-0.4, -0.2) is 6.04 Å². The van der Waals surface area contributed by atoms with Crippen molar-refractivity contribution >= 4 is 5.69 Å². The van der Waals surface area contributed by atoms with Crippen LogP contribution in [0.15, 0.2) is 24.3 Å². The lowest BCUT2D eigenvalue weighted by atomic mass is 10.0. The van der Waals surface area contributed by atoms with Crippen LogP contribution in [0.3, 0.4) is 0 Å². The Morgan fingerprint density at radius 2 is 1.80 bits per heavy atom. The number of anilines is 1.